The van der Waals surface area contributed by atoms with Gasteiger partial charge in [0.1, 0.15) is 5.01 Å². The lowest BCUT2D eigenvalue weighted by Gasteiger charge is -2.27. The first-order valence-electron chi connectivity index (χ1n) is 11.2. The van der Waals surface area contributed by atoms with Crippen molar-refractivity contribution >= 4 is 48.4 Å². The van der Waals surface area contributed by atoms with Gasteiger partial charge in [-0.3, -0.25) is 4.68 Å². The monoisotopic (exact) mass is 532 g/mol. The molecule has 0 N–H and O–H groups in total. The smallest absolute Gasteiger partial charge is 0.124 e. The van der Waals surface area contributed by atoms with E-state index in [4.69, 9.17) is 9.72 Å². The molecule has 3 aromatic carbocycles. The minimum atomic E-state index is -0.272. The molecule has 34 heavy (non-hydrogen) atoms. The largest absolute Gasteiger partial charge is 0.368 e. The maximum Gasteiger partial charge on any atom is 0.124 e. The Morgan fingerprint density at radius 2 is 1.79 bits per heavy atom. The second-order valence-corrected chi connectivity index (χ2v) is 11.4. The number of aromatic nitrogens is 3. The Morgan fingerprint density at radius 1 is 1.06 bits per heavy atom. The van der Waals surface area contributed by atoms with Crippen LogP contribution >= 0.6 is 27.3 Å². The van der Waals surface area contributed by atoms with Crippen LogP contribution in [0, 0.1) is 13.8 Å². The maximum absolute atomic E-state index is 6.16. The molecule has 0 aliphatic heterocycles. The van der Waals surface area contributed by atoms with Crippen molar-refractivity contribution in [2.24, 2.45) is 7.05 Å². The summed E-state index contributed by atoms with van der Waals surface area (Å²) in [6.45, 7) is 12.5. The van der Waals surface area contributed by atoms with Crippen molar-refractivity contribution in [3.05, 3.63) is 77.3 Å². The molecule has 2 aromatic heterocycles. The van der Waals surface area contributed by atoms with Gasteiger partial charge >= 0.3 is 0 Å². The van der Waals surface area contributed by atoms with Crippen LogP contribution in [0.1, 0.15) is 38.0 Å². The topological polar surface area (TPSA) is 39.9 Å². The van der Waals surface area contributed by atoms with Crippen molar-refractivity contribution in [3.63, 3.8) is 0 Å². The predicted octanol–water partition coefficient (Wildman–Crippen LogP) is 8.28. The summed E-state index contributed by atoms with van der Waals surface area (Å²) < 4.78 is 10.2. The zero-order valence-corrected chi connectivity index (χ0v) is 22.4. The van der Waals surface area contributed by atoms with Crippen LogP contribution < -0.4 is 0 Å². The van der Waals surface area contributed by atoms with E-state index in [1.807, 2.05) is 17.9 Å². The van der Waals surface area contributed by atoms with Crippen LogP contribution in [0.3, 0.4) is 0 Å². The van der Waals surface area contributed by atoms with Gasteiger partial charge in [0.25, 0.3) is 0 Å². The van der Waals surface area contributed by atoms with Crippen molar-refractivity contribution < 1.29 is 4.74 Å². The molecule has 4 nitrogen and oxygen atoms in total. The Balaban J connectivity index is 1.55. The van der Waals surface area contributed by atoms with Gasteiger partial charge in [-0.15, -0.1) is 11.3 Å². The maximum atomic E-state index is 6.16. The fourth-order valence-electron chi connectivity index (χ4n) is 4.34. The van der Waals surface area contributed by atoms with E-state index in [0.717, 1.165) is 52.9 Å². The molecule has 0 amide bonds. The molecule has 0 aliphatic carbocycles. The Kier molecular flexibility index (Phi) is 5.87. The van der Waals surface area contributed by atoms with Crippen molar-refractivity contribution in [2.75, 3.05) is 0 Å². The Hall–Kier alpha value is -2.54. The van der Waals surface area contributed by atoms with Crippen molar-refractivity contribution in [1.82, 2.24) is 14.8 Å². The van der Waals surface area contributed by atoms with Gasteiger partial charge in [0.15, 0.2) is 0 Å². The molecule has 0 saturated heterocycles. The second kappa shape index (κ2) is 8.59. The summed E-state index contributed by atoms with van der Waals surface area (Å²) in [5.41, 5.74) is 7.48. The highest BCUT2D eigenvalue weighted by atomic mass is 79.9. The average Bonchev–Trinajstić information content (AvgIpc) is 3.36. The molecule has 5 aromatic rings. The normalized spacial score (nSPS) is 13.1. The summed E-state index contributed by atoms with van der Waals surface area (Å²) in [5.74, 6) is 0. The number of halogens is 1. The zero-order chi connectivity index (χ0) is 24.2. The van der Waals surface area contributed by atoms with Crippen LogP contribution in [0.15, 0.2) is 59.2 Å². The van der Waals surface area contributed by atoms with Gasteiger partial charge in [-0.05, 0) is 97.1 Å². The molecule has 0 bridgehead atoms. The summed E-state index contributed by atoms with van der Waals surface area (Å²) >= 11 is 5.54. The quantitative estimate of drug-likeness (QED) is 0.233. The SMILES string of the molecule is [CH2][C@H](OC(C)(C)C)c1c(C)cc2nc(-c3cccc(-c4ccc5c(cnn5C)c4)c3)sc2c1Br. The van der Waals surface area contributed by atoms with Crippen LogP contribution in [0.25, 0.3) is 42.8 Å². The fraction of sp³-hybridized carbons (Fsp3) is 0.250. The Bertz CT molecular complexity index is 1530. The van der Waals surface area contributed by atoms with Gasteiger partial charge in [0, 0.05) is 22.5 Å². The first-order chi connectivity index (χ1) is 16.1. The van der Waals surface area contributed by atoms with Gasteiger partial charge in [0.05, 0.1) is 33.6 Å². The molecule has 5 rings (SSSR count). The molecule has 1 atom stereocenters. The van der Waals surface area contributed by atoms with Gasteiger partial charge in [-0.1, -0.05) is 24.3 Å². The number of fused-ring (bicyclic) bond motifs is 2. The van der Waals surface area contributed by atoms with E-state index in [1.165, 1.54) is 5.56 Å². The number of rotatable bonds is 4. The van der Waals surface area contributed by atoms with Crippen LogP contribution in [0.4, 0.5) is 0 Å². The lowest BCUT2D eigenvalue weighted by Crippen LogP contribution is -2.22. The molecule has 2 heterocycles. The number of ether oxygens (including phenoxy) is 1. The zero-order valence-electron chi connectivity index (χ0n) is 20.0. The highest BCUT2D eigenvalue weighted by Gasteiger charge is 2.23. The van der Waals surface area contributed by atoms with Gasteiger partial charge in [-0.25, -0.2) is 4.98 Å². The van der Waals surface area contributed by atoms with Crippen molar-refractivity contribution in [1.29, 1.82) is 0 Å². The van der Waals surface area contributed by atoms with Gasteiger partial charge in [-0.2, -0.15) is 5.10 Å². The molecule has 0 aliphatic rings. The molecule has 173 valence electrons. The molecular weight excluding hydrogens is 506 g/mol. The summed E-state index contributed by atoms with van der Waals surface area (Å²) in [4.78, 5) is 4.98. The lowest BCUT2D eigenvalue weighted by atomic mass is 10.0. The highest BCUT2D eigenvalue weighted by molar-refractivity contribution is 9.10. The molecule has 0 saturated carbocycles. The van der Waals surface area contributed by atoms with E-state index in [1.54, 1.807) is 11.3 Å². The summed E-state index contributed by atoms with van der Waals surface area (Å²) in [6, 6.07) is 17.2. The number of hydrogen-bond donors (Lipinski definition) is 0. The number of thiazole rings is 1. The lowest BCUT2D eigenvalue weighted by molar-refractivity contribution is -0.0413. The van der Waals surface area contributed by atoms with E-state index in [2.05, 4.69) is 104 Å². The van der Waals surface area contributed by atoms with E-state index in [9.17, 15) is 0 Å². The minimum Gasteiger partial charge on any atom is -0.368 e. The summed E-state index contributed by atoms with van der Waals surface area (Å²) in [5, 5.41) is 6.50. The number of aryl methyl sites for hydroxylation is 2. The number of benzene rings is 3. The molecular formula is C28H27BrN3OS. The molecule has 0 spiro atoms. The Labute approximate surface area is 212 Å². The second-order valence-electron chi connectivity index (χ2n) is 9.63. The van der Waals surface area contributed by atoms with Crippen molar-refractivity contribution in [3.8, 4) is 21.7 Å². The third-order valence-corrected chi connectivity index (χ3v) is 8.10. The van der Waals surface area contributed by atoms with Gasteiger partial charge < -0.3 is 4.74 Å². The molecule has 6 heteroatoms. The third-order valence-electron chi connectivity index (χ3n) is 5.87. The van der Waals surface area contributed by atoms with E-state index in [0.29, 0.717) is 0 Å². The number of nitrogens with zero attached hydrogens (tertiary/aromatic N) is 3. The summed E-state index contributed by atoms with van der Waals surface area (Å²) in [6.07, 6.45) is 1.64. The first kappa shape index (κ1) is 23.2. The first-order valence-corrected chi connectivity index (χ1v) is 12.8. The highest BCUT2D eigenvalue weighted by Crippen LogP contribution is 2.42. The minimum absolute atomic E-state index is 0.268. The molecule has 0 fully saturated rings. The predicted molar refractivity (Wildman–Crippen MR) is 146 cm³/mol. The standard InChI is InChI=1S/C28H27BrN3OS/c1-16-12-22-26(25(29)24(16)17(2)33-28(3,4)5)34-27(31-22)20-9-7-8-18(13-20)19-10-11-23-21(14-19)15-30-32(23)6/h7-15,17H,2H2,1,3-6H3/t17-/m0/s1. The molecule has 0 unspecified atom stereocenters. The van der Waals surface area contributed by atoms with E-state index in [-0.39, 0.29) is 11.7 Å². The van der Waals surface area contributed by atoms with Gasteiger partial charge in [0.2, 0.25) is 0 Å². The molecule has 1 radical (unpaired) electrons. The van der Waals surface area contributed by atoms with Crippen LogP contribution in [0.2, 0.25) is 0 Å². The fourth-order valence-corrected chi connectivity index (χ4v) is 6.35. The third kappa shape index (κ3) is 4.30. The Morgan fingerprint density at radius 3 is 2.56 bits per heavy atom. The number of hydrogen-bond acceptors (Lipinski definition) is 4. The summed E-state index contributed by atoms with van der Waals surface area (Å²) in [7, 11) is 1.97. The van der Waals surface area contributed by atoms with Crippen LogP contribution in [-0.2, 0) is 11.8 Å². The van der Waals surface area contributed by atoms with Crippen LogP contribution in [-0.4, -0.2) is 20.4 Å². The van der Waals surface area contributed by atoms with Crippen LogP contribution in [0.5, 0.6) is 0 Å². The van der Waals surface area contributed by atoms with Crippen molar-refractivity contribution in [2.45, 2.75) is 39.4 Å². The van der Waals surface area contributed by atoms with E-state index >= 15 is 0 Å². The van der Waals surface area contributed by atoms with E-state index < -0.39 is 0 Å². The average molecular weight is 534 g/mol.